The molecule has 20 heavy (non-hydrogen) atoms. The van der Waals surface area contributed by atoms with Crippen molar-refractivity contribution in [1.29, 1.82) is 0 Å². The van der Waals surface area contributed by atoms with E-state index in [1.165, 1.54) is 13.4 Å². The molecule has 1 heterocycles. The highest BCUT2D eigenvalue weighted by atomic mass is 16.5. The van der Waals surface area contributed by atoms with Crippen LogP contribution in [0.5, 0.6) is 5.75 Å². The molecule has 0 saturated carbocycles. The van der Waals surface area contributed by atoms with Crippen LogP contribution >= 0.6 is 0 Å². The van der Waals surface area contributed by atoms with Gasteiger partial charge in [-0.15, -0.1) is 0 Å². The van der Waals surface area contributed by atoms with Crippen LogP contribution in [0.25, 0.3) is 0 Å². The smallest absolute Gasteiger partial charge is 0.295 e. The highest BCUT2D eigenvalue weighted by molar-refractivity contribution is 5.51. The normalized spacial score (nSPS) is 10.3. The van der Waals surface area contributed by atoms with Crippen molar-refractivity contribution in [3.05, 3.63) is 46.5 Å². The van der Waals surface area contributed by atoms with E-state index in [-0.39, 0.29) is 11.3 Å². The summed E-state index contributed by atoms with van der Waals surface area (Å²) in [6.07, 6.45) is 1.38. The van der Waals surface area contributed by atoms with E-state index in [9.17, 15) is 4.79 Å². The minimum atomic E-state index is -0.288. The maximum absolute atomic E-state index is 11.7. The van der Waals surface area contributed by atoms with Crippen molar-refractivity contribution in [2.45, 2.75) is 13.5 Å². The minimum Gasteiger partial charge on any atom is -0.489 e. The number of benzene rings is 1. The first-order valence-corrected chi connectivity index (χ1v) is 6.36. The van der Waals surface area contributed by atoms with E-state index in [2.05, 4.69) is 9.97 Å². The van der Waals surface area contributed by atoms with Crippen LogP contribution in [-0.4, -0.2) is 23.6 Å². The number of nitrogens with one attached hydrogen (secondary N) is 1. The molecule has 3 N–H and O–H groups in total. The maximum Gasteiger partial charge on any atom is 0.295 e. The Bertz CT molecular complexity index is 639. The zero-order chi connectivity index (χ0) is 14.5. The average molecular weight is 274 g/mol. The van der Waals surface area contributed by atoms with Crippen LogP contribution in [0.4, 0.5) is 11.5 Å². The Morgan fingerprint density at radius 3 is 2.90 bits per heavy atom. The molecule has 1 aromatic heterocycles. The third-order valence-electron chi connectivity index (χ3n) is 3.00. The van der Waals surface area contributed by atoms with Gasteiger partial charge in [0.25, 0.3) is 5.56 Å². The average Bonchev–Trinajstić information content (AvgIpc) is 2.44. The number of hydrogen-bond acceptors (Lipinski definition) is 5. The standard InChI is InChI=1S/C14H18N4O2/c1-3-18(8-10-5-4-6-11(15)7-10)13-12(20-2)14(19)17-9-16-13/h4-7,9H,3,8,15H2,1-2H3,(H,16,17,19). The lowest BCUT2D eigenvalue weighted by Crippen LogP contribution is -2.26. The molecule has 0 bridgehead atoms. The minimum absolute atomic E-state index is 0.221. The Morgan fingerprint density at radius 1 is 1.45 bits per heavy atom. The number of aromatic nitrogens is 2. The molecular weight excluding hydrogens is 256 g/mol. The van der Waals surface area contributed by atoms with Crippen molar-refractivity contribution >= 4 is 11.5 Å². The zero-order valence-corrected chi connectivity index (χ0v) is 11.6. The van der Waals surface area contributed by atoms with Gasteiger partial charge in [0.2, 0.25) is 5.75 Å². The molecular formula is C14H18N4O2. The molecule has 0 fully saturated rings. The van der Waals surface area contributed by atoms with Gasteiger partial charge in [-0.05, 0) is 24.6 Å². The van der Waals surface area contributed by atoms with E-state index in [1.54, 1.807) is 0 Å². The second-order valence-electron chi connectivity index (χ2n) is 4.35. The van der Waals surface area contributed by atoms with Gasteiger partial charge in [0, 0.05) is 18.8 Å². The summed E-state index contributed by atoms with van der Waals surface area (Å²) in [5.41, 5.74) is 7.26. The molecule has 0 aliphatic rings. The molecule has 1 aromatic carbocycles. The maximum atomic E-state index is 11.7. The zero-order valence-electron chi connectivity index (χ0n) is 11.6. The van der Waals surface area contributed by atoms with E-state index >= 15 is 0 Å². The third-order valence-corrected chi connectivity index (χ3v) is 3.00. The number of hydrogen-bond donors (Lipinski definition) is 2. The van der Waals surface area contributed by atoms with Gasteiger partial charge in [0.05, 0.1) is 13.4 Å². The number of anilines is 2. The fourth-order valence-corrected chi connectivity index (χ4v) is 2.04. The van der Waals surface area contributed by atoms with Gasteiger partial charge in [0.15, 0.2) is 5.82 Å². The Balaban J connectivity index is 2.33. The Morgan fingerprint density at radius 2 is 2.25 bits per heavy atom. The number of rotatable bonds is 5. The van der Waals surface area contributed by atoms with Crippen LogP contribution in [0.1, 0.15) is 12.5 Å². The van der Waals surface area contributed by atoms with Crippen LogP contribution < -0.4 is 20.9 Å². The number of aromatic amines is 1. The molecule has 0 spiro atoms. The van der Waals surface area contributed by atoms with E-state index in [4.69, 9.17) is 10.5 Å². The van der Waals surface area contributed by atoms with Gasteiger partial charge in [-0.1, -0.05) is 12.1 Å². The van der Waals surface area contributed by atoms with Crippen LogP contribution in [0.3, 0.4) is 0 Å². The van der Waals surface area contributed by atoms with E-state index in [0.29, 0.717) is 24.6 Å². The summed E-state index contributed by atoms with van der Waals surface area (Å²) in [7, 11) is 1.46. The lowest BCUT2D eigenvalue weighted by molar-refractivity contribution is 0.405. The second kappa shape index (κ2) is 6.10. The number of nitrogens with two attached hydrogens (primary N) is 1. The SMILES string of the molecule is CCN(Cc1cccc(N)c1)c1nc[nH]c(=O)c1OC. The molecule has 2 aromatic rings. The van der Waals surface area contributed by atoms with Crippen molar-refractivity contribution in [3.63, 3.8) is 0 Å². The van der Waals surface area contributed by atoms with Gasteiger partial charge >= 0.3 is 0 Å². The summed E-state index contributed by atoms with van der Waals surface area (Å²) < 4.78 is 5.15. The fourth-order valence-electron chi connectivity index (χ4n) is 2.04. The third kappa shape index (κ3) is 2.90. The van der Waals surface area contributed by atoms with Crippen LogP contribution in [0.15, 0.2) is 35.4 Å². The van der Waals surface area contributed by atoms with Crippen LogP contribution in [-0.2, 0) is 6.54 Å². The molecule has 0 aliphatic carbocycles. The molecule has 106 valence electrons. The van der Waals surface area contributed by atoms with Gasteiger partial charge in [-0.2, -0.15) is 0 Å². The van der Waals surface area contributed by atoms with Crippen molar-refractivity contribution in [2.24, 2.45) is 0 Å². The highest BCUT2D eigenvalue weighted by Crippen LogP contribution is 2.22. The molecule has 2 rings (SSSR count). The summed E-state index contributed by atoms with van der Waals surface area (Å²) in [6.45, 7) is 3.30. The Labute approximate surface area is 117 Å². The Kier molecular flexibility index (Phi) is 4.24. The van der Waals surface area contributed by atoms with Crippen molar-refractivity contribution in [2.75, 3.05) is 24.3 Å². The van der Waals surface area contributed by atoms with Gasteiger partial charge < -0.3 is 20.4 Å². The summed E-state index contributed by atoms with van der Waals surface area (Å²) in [5, 5.41) is 0. The molecule has 6 nitrogen and oxygen atoms in total. The molecule has 0 saturated heterocycles. The largest absolute Gasteiger partial charge is 0.489 e. The van der Waals surface area contributed by atoms with E-state index in [1.807, 2.05) is 36.1 Å². The van der Waals surface area contributed by atoms with Gasteiger partial charge in [0.1, 0.15) is 0 Å². The first-order chi connectivity index (χ1) is 9.65. The first-order valence-electron chi connectivity index (χ1n) is 6.36. The molecule has 0 unspecified atom stereocenters. The summed E-state index contributed by atoms with van der Waals surface area (Å²) >= 11 is 0. The lowest BCUT2D eigenvalue weighted by atomic mass is 10.2. The molecule has 0 aliphatic heterocycles. The summed E-state index contributed by atoms with van der Waals surface area (Å²) in [5.74, 6) is 0.749. The monoisotopic (exact) mass is 274 g/mol. The topological polar surface area (TPSA) is 84.2 Å². The van der Waals surface area contributed by atoms with Crippen molar-refractivity contribution < 1.29 is 4.74 Å². The number of nitrogen functional groups attached to an aromatic ring is 1. The number of methoxy groups -OCH3 is 1. The first kappa shape index (κ1) is 13.9. The molecule has 0 radical (unpaired) electrons. The van der Waals surface area contributed by atoms with E-state index in [0.717, 1.165) is 5.56 Å². The van der Waals surface area contributed by atoms with Gasteiger partial charge in [-0.3, -0.25) is 4.79 Å². The highest BCUT2D eigenvalue weighted by Gasteiger charge is 2.15. The predicted octanol–water partition coefficient (Wildman–Crippen LogP) is 1.39. The predicted molar refractivity (Wildman–Crippen MR) is 79.0 cm³/mol. The van der Waals surface area contributed by atoms with Crippen LogP contribution in [0, 0.1) is 0 Å². The van der Waals surface area contributed by atoms with Crippen LogP contribution in [0.2, 0.25) is 0 Å². The second-order valence-corrected chi connectivity index (χ2v) is 4.35. The summed E-state index contributed by atoms with van der Waals surface area (Å²) in [6, 6.07) is 7.63. The molecule has 6 heteroatoms. The lowest BCUT2D eigenvalue weighted by Gasteiger charge is -2.23. The fraction of sp³-hybridized carbons (Fsp3) is 0.286. The quantitative estimate of drug-likeness (QED) is 0.805. The van der Waals surface area contributed by atoms with Crippen molar-refractivity contribution in [1.82, 2.24) is 9.97 Å². The number of ether oxygens (including phenoxy) is 1. The number of H-pyrrole nitrogens is 1. The van der Waals surface area contributed by atoms with E-state index < -0.39 is 0 Å². The number of nitrogens with zero attached hydrogens (tertiary/aromatic N) is 2. The van der Waals surface area contributed by atoms with Gasteiger partial charge in [-0.25, -0.2) is 4.98 Å². The molecule has 0 atom stereocenters. The van der Waals surface area contributed by atoms with Crippen molar-refractivity contribution in [3.8, 4) is 5.75 Å². The molecule has 0 amide bonds. The summed E-state index contributed by atoms with van der Waals surface area (Å²) in [4.78, 5) is 20.4. The Hall–Kier alpha value is -2.50.